The highest BCUT2D eigenvalue weighted by atomic mass is 16.4. The number of allylic oxidation sites excluding steroid dienone is 6. The van der Waals surface area contributed by atoms with E-state index < -0.39 is 5.97 Å². The topological polar surface area (TPSA) is 130 Å². The Morgan fingerprint density at radius 2 is 1.43 bits per heavy atom. The Morgan fingerprint density at radius 1 is 0.810 bits per heavy atom. The van der Waals surface area contributed by atoms with Crippen molar-refractivity contribution in [3.05, 3.63) is 35.5 Å². The number of hydrogen-bond acceptors (Lipinski definition) is 10. The molecule has 63 heavy (non-hydrogen) atoms. The van der Waals surface area contributed by atoms with Gasteiger partial charge in [0.2, 0.25) is 11.7 Å². The molecule has 7 aliphatic rings. The number of carbonyl (C=O) groups excluding carboxylic acids is 2. The number of piperazine rings is 1. The van der Waals surface area contributed by atoms with Crippen LogP contribution in [-0.2, 0) is 14.4 Å². The molecule has 0 spiro atoms. The van der Waals surface area contributed by atoms with Crippen molar-refractivity contribution in [2.24, 2.45) is 34.5 Å². The van der Waals surface area contributed by atoms with Gasteiger partial charge < -0.3 is 24.9 Å². The van der Waals surface area contributed by atoms with Gasteiger partial charge in [0.25, 0.3) is 0 Å². The maximum Gasteiger partial charge on any atom is 0.303 e. The minimum atomic E-state index is -0.689. The van der Waals surface area contributed by atoms with Crippen molar-refractivity contribution in [3.8, 4) is 5.75 Å². The lowest BCUT2D eigenvalue weighted by Crippen LogP contribution is -2.56. The highest BCUT2D eigenvalue weighted by molar-refractivity contribution is 6.01. The second-order valence-electron chi connectivity index (χ2n) is 21.2. The standard InChI is InChI=1S/C52H78N6O5/c1-37-33-43-41-22-21-38-34-40(59)23-25-51(38,2)42(41)24-26-52(43,3)46(37)44(60)36-57-31-32-58(35-39(57)19-13-11-9-7-5-4-6-8-10-12-14-20-45(61)62)49-47(63)48(55-27-15-16-28-55)53-50(54-49)56-29-17-18-30-56/h23-25,34,37,39,41,43,46,63H,4-22,26-33,35-36H2,1-3H3,(H,61,62)/t37-,39?,41?,43?,46-,51+,52+/m1/s1. The Hall–Kier alpha value is -3.73. The zero-order valence-electron chi connectivity index (χ0n) is 39.0. The molecule has 0 radical (unpaired) electrons. The lowest BCUT2D eigenvalue weighted by molar-refractivity contribution is -0.137. The molecular formula is C52H78N6O5. The number of carbonyl (C=O) groups is 3. The smallest absolute Gasteiger partial charge is 0.303 e. The van der Waals surface area contributed by atoms with Crippen molar-refractivity contribution in [1.29, 1.82) is 0 Å². The molecule has 0 amide bonds. The molecule has 0 aromatic carbocycles. The maximum absolute atomic E-state index is 15.0. The van der Waals surface area contributed by atoms with Crippen LogP contribution in [0.3, 0.4) is 0 Å². The third-order valence-electron chi connectivity index (χ3n) is 17.0. The van der Waals surface area contributed by atoms with Crippen molar-refractivity contribution in [2.75, 3.05) is 67.1 Å². The van der Waals surface area contributed by atoms with Gasteiger partial charge in [0.05, 0.1) is 6.54 Å². The second kappa shape index (κ2) is 20.2. The Kier molecular flexibility index (Phi) is 14.7. The van der Waals surface area contributed by atoms with Gasteiger partial charge >= 0.3 is 5.97 Å². The average Bonchev–Trinajstić information content (AvgIpc) is 4.05. The van der Waals surface area contributed by atoms with Crippen molar-refractivity contribution in [3.63, 3.8) is 0 Å². The Labute approximate surface area is 377 Å². The molecular weight excluding hydrogens is 789 g/mol. The van der Waals surface area contributed by atoms with E-state index in [1.807, 2.05) is 6.08 Å². The Balaban J connectivity index is 0.941. The molecule has 4 aliphatic carbocycles. The van der Waals surface area contributed by atoms with Crippen LogP contribution in [0.25, 0.3) is 0 Å². The first-order valence-electron chi connectivity index (χ1n) is 25.5. The van der Waals surface area contributed by atoms with E-state index in [-0.39, 0.29) is 40.7 Å². The molecule has 5 fully saturated rings. The fourth-order valence-corrected chi connectivity index (χ4v) is 13.5. The van der Waals surface area contributed by atoms with Crippen molar-refractivity contribution < 1.29 is 24.6 Å². The summed E-state index contributed by atoms with van der Waals surface area (Å²) in [4.78, 5) is 57.6. The molecule has 11 heteroatoms. The number of carboxylic acids is 1. The van der Waals surface area contributed by atoms with Gasteiger partial charge in [-0.2, -0.15) is 9.97 Å². The molecule has 1 aromatic rings. The van der Waals surface area contributed by atoms with Crippen LogP contribution in [0.2, 0.25) is 0 Å². The Morgan fingerprint density at radius 3 is 2.10 bits per heavy atom. The van der Waals surface area contributed by atoms with Crippen LogP contribution in [0.15, 0.2) is 35.5 Å². The molecule has 346 valence electrons. The van der Waals surface area contributed by atoms with E-state index in [4.69, 9.17) is 15.1 Å². The predicted octanol–water partition coefficient (Wildman–Crippen LogP) is 9.69. The van der Waals surface area contributed by atoms with Crippen molar-refractivity contribution >= 4 is 35.1 Å². The fraction of sp³-hybridized carbons (Fsp3) is 0.750. The number of rotatable bonds is 20. The van der Waals surface area contributed by atoms with Crippen LogP contribution >= 0.6 is 0 Å². The third-order valence-corrected chi connectivity index (χ3v) is 17.0. The van der Waals surface area contributed by atoms with Gasteiger partial charge in [-0.15, -0.1) is 0 Å². The van der Waals surface area contributed by atoms with Crippen LogP contribution in [0.1, 0.15) is 156 Å². The molecule has 2 N–H and O–H groups in total. The van der Waals surface area contributed by atoms with Gasteiger partial charge in [0.15, 0.2) is 23.2 Å². The van der Waals surface area contributed by atoms with Gasteiger partial charge in [-0.05, 0) is 106 Å². The van der Waals surface area contributed by atoms with Gasteiger partial charge in [-0.3, -0.25) is 19.3 Å². The van der Waals surface area contributed by atoms with Crippen LogP contribution in [0, 0.1) is 34.5 Å². The van der Waals surface area contributed by atoms with E-state index in [2.05, 4.69) is 52.5 Å². The molecule has 4 heterocycles. The number of aliphatic carboxylic acids is 1. The second-order valence-corrected chi connectivity index (χ2v) is 21.2. The van der Waals surface area contributed by atoms with Gasteiger partial charge in [0.1, 0.15) is 0 Å². The number of unbranched alkanes of at least 4 members (excludes halogenated alkanes) is 10. The van der Waals surface area contributed by atoms with E-state index in [1.165, 1.54) is 56.1 Å². The predicted molar refractivity (Wildman–Crippen MR) is 251 cm³/mol. The summed E-state index contributed by atoms with van der Waals surface area (Å²) >= 11 is 0. The zero-order chi connectivity index (χ0) is 44.1. The SMILES string of the molecule is C[C@@H]1CC2C3CCC4=CC(=O)C=C[C@]4(C)C3=CC[C@]2(C)[C@H]1C(=O)CN1CCN(c2nc(N3CCCC3)nc(N3CCCC3)c2O)CC1CCCCCCCCCCCCCC(=O)O. The highest BCUT2D eigenvalue weighted by Crippen LogP contribution is 2.65. The molecule has 3 unspecified atom stereocenters. The normalized spacial score (nSPS) is 30.6. The number of ketones is 2. The summed E-state index contributed by atoms with van der Waals surface area (Å²) < 4.78 is 0. The zero-order valence-corrected chi connectivity index (χ0v) is 39.0. The van der Waals surface area contributed by atoms with E-state index in [9.17, 15) is 19.5 Å². The van der Waals surface area contributed by atoms with Crippen LogP contribution < -0.4 is 14.7 Å². The van der Waals surface area contributed by atoms with Crippen LogP contribution in [0.5, 0.6) is 5.75 Å². The first-order chi connectivity index (χ1) is 30.5. The first-order valence-corrected chi connectivity index (χ1v) is 25.5. The number of Topliss-reactive ketones (excluding diaryl/α,β-unsaturated/α-hetero) is 1. The van der Waals surface area contributed by atoms with E-state index in [1.54, 1.807) is 6.08 Å². The molecule has 2 saturated carbocycles. The maximum atomic E-state index is 15.0. The largest absolute Gasteiger partial charge is 0.502 e. The van der Waals surface area contributed by atoms with Crippen molar-refractivity contribution in [2.45, 2.75) is 162 Å². The Bertz CT molecular complexity index is 1900. The number of aromatic hydroxyl groups is 1. The first kappa shape index (κ1) is 45.8. The summed E-state index contributed by atoms with van der Waals surface area (Å²) in [6, 6.07) is 0.186. The number of anilines is 3. The molecule has 7 atom stereocenters. The summed E-state index contributed by atoms with van der Waals surface area (Å²) in [6.07, 6.45) is 30.8. The molecule has 3 saturated heterocycles. The number of fused-ring (bicyclic) bond motifs is 5. The van der Waals surface area contributed by atoms with E-state index in [0.717, 1.165) is 129 Å². The summed E-state index contributed by atoms with van der Waals surface area (Å²) in [5.41, 5.74) is 2.50. The summed E-state index contributed by atoms with van der Waals surface area (Å²) in [7, 11) is 0. The third kappa shape index (κ3) is 9.94. The minimum absolute atomic E-state index is 0.0221. The fourth-order valence-electron chi connectivity index (χ4n) is 13.5. The average molecular weight is 867 g/mol. The summed E-state index contributed by atoms with van der Waals surface area (Å²) in [6.45, 7) is 13.5. The highest BCUT2D eigenvalue weighted by Gasteiger charge is 2.59. The minimum Gasteiger partial charge on any atom is -0.502 e. The van der Waals surface area contributed by atoms with Gasteiger partial charge in [-0.25, -0.2) is 0 Å². The number of nitrogens with zero attached hydrogens (tertiary/aromatic N) is 6. The lowest BCUT2D eigenvalue weighted by Gasteiger charge is -2.52. The molecule has 8 rings (SSSR count). The van der Waals surface area contributed by atoms with E-state index >= 15 is 0 Å². The van der Waals surface area contributed by atoms with Crippen LogP contribution in [-0.4, -0.2) is 101 Å². The lowest BCUT2D eigenvalue weighted by atomic mass is 9.52. The quantitative estimate of drug-likeness (QED) is 0.0960. The van der Waals surface area contributed by atoms with E-state index in [0.29, 0.717) is 48.3 Å². The monoisotopic (exact) mass is 867 g/mol. The summed E-state index contributed by atoms with van der Waals surface area (Å²) in [5, 5.41) is 20.8. The molecule has 1 aromatic heterocycles. The molecule has 3 aliphatic heterocycles. The number of aromatic nitrogens is 2. The van der Waals surface area contributed by atoms with Crippen molar-refractivity contribution in [1.82, 2.24) is 14.9 Å². The summed E-state index contributed by atoms with van der Waals surface area (Å²) in [5.74, 6) is 3.40. The van der Waals surface area contributed by atoms with Crippen LogP contribution in [0.4, 0.5) is 17.6 Å². The number of carboxylic acid groups (broad SMARTS) is 1. The molecule has 11 nitrogen and oxygen atoms in total. The van der Waals surface area contributed by atoms with Gasteiger partial charge in [0, 0.05) is 69.6 Å². The van der Waals surface area contributed by atoms with Gasteiger partial charge in [-0.1, -0.05) is 101 Å². The number of hydrogen-bond donors (Lipinski definition) is 2. The molecule has 0 bridgehead atoms.